The van der Waals surface area contributed by atoms with Gasteiger partial charge in [0.05, 0.1) is 16.8 Å². The number of carbonyl (C=O) groups excluding carboxylic acids is 1. The molecule has 2 aromatic heterocycles. The van der Waals surface area contributed by atoms with Gasteiger partial charge >= 0.3 is 0 Å². The van der Waals surface area contributed by atoms with Crippen molar-refractivity contribution in [3.05, 3.63) is 38.8 Å². The standard InChI is InChI=1S/C18H18N4O4S/c1-8-9(2)27-18-16(8)17(24)21-14(22-18)3-4-15(23)20-11-6-13-12(5-10(11)19)25-7-26-13/h5-6H,3-4,7,19H2,1-2H3,(H,20,23)(H,21,22,24). The smallest absolute Gasteiger partial charge is 0.259 e. The first kappa shape index (κ1) is 17.3. The quantitative estimate of drug-likeness (QED) is 0.593. The van der Waals surface area contributed by atoms with E-state index >= 15 is 0 Å². The molecule has 0 fully saturated rings. The second-order valence-corrected chi connectivity index (χ2v) is 7.52. The number of fused-ring (bicyclic) bond motifs is 2. The van der Waals surface area contributed by atoms with E-state index in [4.69, 9.17) is 15.2 Å². The van der Waals surface area contributed by atoms with Gasteiger partial charge in [-0.15, -0.1) is 11.3 Å². The maximum absolute atomic E-state index is 12.3. The molecular weight excluding hydrogens is 368 g/mol. The number of H-pyrrole nitrogens is 1. The summed E-state index contributed by atoms with van der Waals surface area (Å²) in [7, 11) is 0. The minimum atomic E-state index is -0.234. The molecule has 27 heavy (non-hydrogen) atoms. The summed E-state index contributed by atoms with van der Waals surface area (Å²) in [5.41, 5.74) is 7.58. The number of thiophene rings is 1. The van der Waals surface area contributed by atoms with Crippen molar-refractivity contribution in [1.29, 1.82) is 0 Å². The number of nitrogens with two attached hydrogens (primary N) is 1. The van der Waals surface area contributed by atoms with Crippen LogP contribution in [0.5, 0.6) is 11.5 Å². The summed E-state index contributed by atoms with van der Waals surface area (Å²) in [4.78, 5) is 33.6. The summed E-state index contributed by atoms with van der Waals surface area (Å²) in [5, 5.41) is 3.38. The van der Waals surface area contributed by atoms with Crippen molar-refractivity contribution in [2.45, 2.75) is 26.7 Å². The molecule has 4 rings (SSSR count). The van der Waals surface area contributed by atoms with Crippen molar-refractivity contribution in [3.63, 3.8) is 0 Å². The Morgan fingerprint density at radius 3 is 2.85 bits per heavy atom. The number of rotatable bonds is 4. The number of ether oxygens (including phenoxy) is 2. The highest BCUT2D eigenvalue weighted by Crippen LogP contribution is 2.38. The maximum Gasteiger partial charge on any atom is 0.259 e. The lowest BCUT2D eigenvalue weighted by Crippen LogP contribution is -2.16. The number of anilines is 2. The molecule has 8 nitrogen and oxygen atoms in total. The van der Waals surface area contributed by atoms with E-state index in [-0.39, 0.29) is 24.7 Å². The molecule has 3 heterocycles. The van der Waals surface area contributed by atoms with Gasteiger partial charge in [-0.25, -0.2) is 4.98 Å². The molecule has 0 bridgehead atoms. The summed E-state index contributed by atoms with van der Waals surface area (Å²) >= 11 is 1.48. The molecule has 1 aliphatic heterocycles. The van der Waals surface area contributed by atoms with E-state index in [0.717, 1.165) is 10.4 Å². The number of nitrogen functional groups attached to an aromatic ring is 1. The number of aryl methyl sites for hydroxylation is 3. The Morgan fingerprint density at radius 2 is 2.07 bits per heavy atom. The summed E-state index contributed by atoms with van der Waals surface area (Å²) in [6.07, 6.45) is 0.475. The van der Waals surface area contributed by atoms with E-state index in [1.54, 1.807) is 12.1 Å². The monoisotopic (exact) mass is 386 g/mol. The van der Waals surface area contributed by atoms with Gasteiger partial charge in [-0.1, -0.05) is 0 Å². The van der Waals surface area contributed by atoms with Crippen LogP contribution >= 0.6 is 11.3 Å². The Morgan fingerprint density at radius 1 is 1.33 bits per heavy atom. The number of nitrogens with one attached hydrogen (secondary N) is 2. The fourth-order valence-corrected chi connectivity index (χ4v) is 3.98. The van der Waals surface area contributed by atoms with Gasteiger partial charge in [0.2, 0.25) is 12.7 Å². The minimum absolute atomic E-state index is 0.134. The van der Waals surface area contributed by atoms with Crippen LogP contribution in [-0.2, 0) is 11.2 Å². The SMILES string of the molecule is Cc1sc2nc(CCC(=O)Nc3cc4c(cc3N)OCO4)[nH]c(=O)c2c1C. The Hall–Kier alpha value is -3.07. The van der Waals surface area contributed by atoms with Crippen LogP contribution in [0.15, 0.2) is 16.9 Å². The molecule has 0 aliphatic carbocycles. The third kappa shape index (κ3) is 3.21. The molecule has 0 saturated heterocycles. The van der Waals surface area contributed by atoms with Crippen LogP contribution in [-0.4, -0.2) is 22.7 Å². The number of hydrogen-bond acceptors (Lipinski definition) is 7. The van der Waals surface area contributed by atoms with Crippen LogP contribution < -0.4 is 26.1 Å². The highest BCUT2D eigenvalue weighted by atomic mass is 32.1. The lowest BCUT2D eigenvalue weighted by molar-refractivity contribution is -0.116. The van der Waals surface area contributed by atoms with Crippen LogP contribution in [0.25, 0.3) is 10.2 Å². The third-order valence-electron chi connectivity index (χ3n) is 4.50. The van der Waals surface area contributed by atoms with Crippen molar-refractivity contribution in [3.8, 4) is 11.5 Å². The van der Waals surface area contributed by atoms with E-state index < -0.39 is 0 Å². The van der Waals surface area contributed by atoms with Crippen LogP contribution in [0, 0.1) is 13.8 Å². The van der Waals surface area contributed by atoms with Gasteiger partial charge < -0.3 is 25.5 Å². The van der Waals surface area contributed by atoms with E-state index in [9.17, 15) is 9.59 Å². The Bertz CT molecular complexity index is 1120. The molecule has 1 amide bonds. The molecule has 9 heteroatoms. The second kappa shape index (κ2) is 6.58. The number of hydrogen-bond donors (Lipinski definition) is 3. The molecule has 1 aromatic carbocycles. The summed E-state index contributed by atoms with van der Waals surface area (Å²) in [5.74, 6) is 1.35. The normalized spacial score (nSPS) is 12.5. The first-order valence-corrected chi connectivity index (χ1v) is 9.22. The topological polar surface area (TPSA) is 119 Å². The predicted molar refractivity (Wildman–Crippen MR) is 104 cm³/mol. The molecule has 140 valence electrons. The van der Waals surface area contributed by atoms with Crippen molar-refractivity contribution >= 4 is 38.8 Å². The zero-order chi connectivity index (χ0) is 19.1. The van der Waals surface area contributed by atoms with E-state index in [1.807, 2.05) is 13.8 Å². The third-order valence-corrected chi connectivity index (χ3v) is 5.60. The molecule has 3 aromatic rings. The number of amides is 1. The van der Waals surface area contributed by atoms with Gasteiger partial charge in [-0.3, -0.25) is 9.59 Å². The molecule has 0 unspecified atom stereocenters. The van der Waals surface area contributed by atoms with Gasteiger partial charge in [0.15, 0.2) is 11.5 Å². The number of aromatic amines is 1. The zero-order valence-electron chi connectivity index (χ0n) is 14.8. The van der Waals surface area contributed by atoms with E-state index in [2.05, 4.69) is 15.3 Å². The van der Waals surface area contributed by atoms with E-state index in [0.29, 0.717) is 45.3 Å². The second-order valence-electron chi connectivity index (χ2n) is 6.32. The first-order chi connectivity index (χ1) is 12.9. The molecular formula is C18H18N4O4S. The predicted octanol–water partition coefficient (Wildman–Crippen LogP) is 2.48. The summed E-state index contributed by atoms with van der Waals surface area (Å²) in [6.45, 7) is 4.01. The number of nitrogens with zero attached hydrogens (tertiary/aromatic N) is 1. The van der Waals surface area contributed by atoms with Crippen molar-refractivity contribution in [2.24, 2.45) is 0 Å². The highest BCUT2D eigenvalue weighted by molar-refractivity contribution is 7.18. The molecule has 0 saturated carbocycles. The molecule has 4 N–H and O–H groups in total. The number of aromatic nitrogens is 2. The Kier molecular flexibility index (Phi) is 4.23. The van der Waals surface area contributed by atoms with Gasteiger partial charge in [0.25, 0.3) is 5.56 Å². The lowest BCUT2D eigenvalue weighted by atomic mass is 10.2. The Labute approximate surface area is 158 Å². The van der Waals surface area contributed by atoms with E-state index in [1.165, 1.54) is 11.3 Å². The van der Waals surface area contributed by atoms with Crippen LogP contribution in [0.2, 0.25) is 0 Å². The number of benzene rings is 1. The van der Waals surface area contributed by atoms with Crippen LogP contribution in [0.4, 0.5) is 11.4 Å². The van der Waals surface area contributed by atoms with Gasteiger partial charge in [0.1, 0.15) is 10.7 Å². The van der Waals surface area contributed by atoms with Crippen LogP contribution in [0.1, 0.15) is 22.7 Å². The summed E-state index contributed by atoms with van der Waals surface area (Å²) < 4.78 is 10.5. The summed E-state index contributed by atoms with van der Waals surface area (Å²) in [6, 6.07) is 3.26. The molecule has 0 radical (unpaired) electrons. The fraction of sp³-hybridized carbons (Fsp3) is 0.278. The zero-order valence-corrected chi connectivity index (χ0v) is 15.7. The average molecular weight is 386 g/mol. The van der Waals surface area contributed by atoms with Crippen LogP contribution in [0.3, 0.4) is 0 Å². The Balaban J connectivity index is 1.47. The average Bonchev–Trinajstić information content (AvgIpc) is 3.17. The maximum atomic E-state index is 12.3. The minimum Gasteiger partial charge on any atom is -0.454 e. The van der Waals surface area contributed by atoms with Gasteiger partial charge in [-0.2, -0.15) is 0 Å². The lowest BCUT2D eigenvalue weighted by Gasteiger charge is -2.09. The van der Waals surface area contributed by atoms with Gasteiger partial charge in [0, 0.05) is 29.9 Å². The molecule has 1 aliphatic rings. The van der Waals surface area contributed by atoms with Gasteiger partial charge in [-0.05, 0) is 19.4 Å². The highest BCUT2D eigenvalue weighted by Gasteiger charge is 2.18. The first-order valence-electron chi connectivity index (χ1n) is 8.40. The largest absolute Gasteiger partial charge is 0.454 e. The van der Waals surface area contributed by atoms with Crippen molar-refractivity contribution in [1.82, 2.24) is 9.97 Å². The van der Waals surface area contributed by atoms with Crippen molar-refractivity contribution in [2.75, 3.05) is 17.8 Å². The van der Waals surface area contributed by atoms with Crippen molar-refractivity contribution < 1.29 is 14.3 Å². The molecule has 0 spiro atoms. The fourth-order valence-electron chi connectivity index (χ4n) is 2.93. The molecule has 0 atom stereocenters. The number of carbonyl (C=O) groups is 1.